The molecule has 0 spiro atoms. The third-order valence-corrected chi connectivity index (χ3v) is 5.52. The summed E-state index contributed by atoms with van der Waals surface area (Å²) in [5, 5.41) is 33.1. The molecule has 0 fully saturated rings. The van der Waals surface area contributed by atoms with Crippen LogP contribution in [0.4, 0.5) is 4.79 Å². The fourth-order valence-electron chi connectivity index (χ4n) is 3.96. The summed E-state index contributed by atoms with van der Waals surface area (Å²) in [7, 11) is 0. The van der Waals surface area contributed by atoms with Crippen LogP contribution in [0.15, 0.2) is 60.7 Å². The Morgan fingerprint density at radius 3 is 1.94 bits per heavy atom. The number of benzene rings is 2. The maximum Gasteiger partial charge on any atom is 0.407 e. The lowest BCUT2D eigenvalue weighted by atomic mass is 9.77. The predicted molar refractivity (Wildman–Crippen MR) is 130 cm³/mol. The van der Waals surface area contributed by atoms with E-state index < -0.39 is 53.7 Å². The molecule has 9 heteroatoms. The van der Waals surface area contributed by atoms with Gasteiger partial charge in [-0.1, -0.05) is 60.7 Å². The van der Waals surface area contributed by atoms with Gasteiger partial charge in [0.15, 0.2) is 5.92 Å². The monoisotopic (exact) mass is 486 g/mol. The van der Waals surface area contributed by atoms with E-state index in [1.165, 1.54) is 0 Å². The molecule has 6 N–H and O–H groups in total. The third kappa shape index (κ3) is 8.70. The number of carboxylic acid groups (broad SMARTS) is 2. The Balaban J connectivity index is 2.42. The van der Waals surface area contributed by atoms with E-state index in [-0.39, 0.29) is 6.42 Å². The Labute approximate surface area is 204 Å². The van der Waals surface area contributed by atoms with Crippen molar-refractivity contribution in [2.75, 3.05) is 0 Å². The first-order valence-corrected chi connectivity index (χ1v) is 11.4. The molecule has 190 valence electrons. The van der Waals surface area contributed by atoms with Crippen molar-refractivity contribution in [1.29, 1.82) is 0 Å². The van der Waals surface area contributed by atoms with Gasteiger partial charge in [-0.15, -0.1) is 0 Å². The number of carboxylic acids is 2. The second-order valence-corrected chi connectivity index (χ2v) is 9.50. The summed E-state index contributed by atoms with van der Waals surface area (Å²) in [6.07, 6.45) is -1.89. The number of aliphatic hydroxyl groups is 1. The van der Waals surface area contributed by atoms with Gasteiger partial charge < -0.3 is 31.1 Å². The van der Waals surface area contributed by atoms with Crippen LogP contribution in [0, 0.1) is 5.92 Å². The zero-order valence-corrected chi connectivity index (χ0v) is 20.1. The van der Waals surface area contributed by atoms with Crippen molar-refractivity contribution < 1.29 is 34.4 Å². The maximum absolute atomic E-state index is 12.7. The standard InChI is InChI=1S/C26H34N2O7/c1-26(2,3)35-25(34)28-19(15-20(29)18(27)14-16-10-6-4-7-11-16)21(17-12-8-5-9-13-17)22(23(30)31)24(32)33/h4-13,18-22,29H,14-15,27H2,1-3H3,(H,28,34)(H,30,31)(H,32,33)/t18-,19-,20-,21?/m0/s1. The van der Waals surface area contributed by atoms with Crippen LogP contribution in [0.1, 0.15) is 44.2 Å². The molecule has 0 aromatic heterocycles. The van der Waals surface area contributed by atoms with Crippen molar-refractivity contribution in [1.82, 2.24) is 5.32 Å². The van der Waals surface area contributed by atoms with Crippen LogP contribution in [0.5, 0.6) is 0 Å². The molecule has 0 aliphatic heterocycles. The van der Waals surface area contributed by atoms with Crippen LogP contribution in [0.25, 0.3) is 0 Å². The van der Waals surface area contributed by atoms with E-state index in [0.29, 0.717) is 12.0 Å². The molecule has 0 saturated carbocycles. The number of carbonyl (C=O) groups excluding carboxylic acids is 1. The second-order valence-electron chi connectivity index (χ2n) is 9.50. The quantitative estimate of drug-likeness (QED) is 0.303. The topological polar surface area (TPSA) is 159 Å². The first-order chi connectivity index (χ1) is 16.4. The average Bonchev–Trinajstić information content (AvgIpc) is 2.76. The van der Waals surface area contributed by atoms with E-state index in [4.69, 9.17) is 10.5 Å². The van der Waals surface area contributed by atoms with Crippen molar-refractivity contribution in [3.63, 3.8) is 0 Å². The number of hydrogen-bond donors (Lipinski definition) is 5. The van der Waals surface area contributed by atoms with Crippen molar-refractivity contribution in [2.24, 2.45) is 11.7 Å². The molecule has 2 rings (SSSR count). The van der Waals surface area contributed by atoms with Crippen molar-refractivity contribution in [3.8, 4) is 0 Å². The van der Waals surface area contributed by atoms with Gasteiger partial charge in [-0.25, -0.2) is 4.79 Å². The number of alkyl carbamates (subject to hydrolysis) is 1. The highest BCUT2D eigenvalue weighted by Gasteiger charge is 2.42. The normalized spacial score (nSPS) is 15.0. The largest absolute Gasteiger partial charge is 0.481 e. The van der Waals surface area contributed by atoms with Crippen LogP contribution in [-0.4, -0.2) is 57.1 Å². The van der Waals surface area contributed by atoms with Gasteiger partial charge in [0.05, 0.1) is 6.10 Å². The van der Waals surface area contributed by atoms with Gasteiger partial charge >= 0.3 is 18.0 Å². The number of aliphatic hydroxyl groups excluding tert-OH is 1. The van der Waals surface area contributed by atoms with E-state index in [9.17, 15) is 29.7 Å². The summed E-state index contributed by atoms with van der Waals surface area (Å²) in [4.78, 5) is 36.7. The van der Waals surface area contributed by atoms with Gasteiger partial charge in [0.2, 0.25) is 0 Å². The van der Waals surface area contributed by atoms with Gasteiger partial charge in [0, 0.05) is 18.0 Å². The summed E-state index contributed by atoms with van der Waals surface area (Å²) in [6.45, 7) is 4.99. The van der Waals surface area contributed by atoms with Crippen LogP contribution in [0.3, 0.4) is 0 Å². The van der Waals surface area contributed by atoms with Crippen molar-refractivity contribution in [2.45, 2.75) is 63.3 Å². The zero-order valence-electron chi connectivity index (χ0n) is 20.1. The van der Waals surface area contributed by atoms with Crippen LogP contribution < -0.4 is 11.1 Å². The molecule has 0 aliphatic rings. The summed E-state index contributed by atoms with van der Waals surface area (Å²) < 4.78 is 5.33. The molecule has 2 aromatic rings. The Hall–Kier alpha value is -3.43. The minimum Gasteiger partial charge on any atom is -0.481 e. The molecule has 0 bridgehead atoms. The first kappa shape index (κ1) is 27.8. The first-order valence-electron chi connectivity index (χ1n) is 11.4. The molecule has 2 aromatic carbocycles. The summed E-state index contributed by atoms with van der Waals surface area (Å²) in [6, 6.07) is 15.6. The Bertz CT molecular complexity index is 962. The van der Waals surface area contributed by atoms with Gasteiger partial charge in [0.25, 0.3) is 0 Å². The van der Waals surface area contributed by atoms with Crippen LogP contribution in [0.2, 0.25) is 0 Å². The lowest BCUT2D eigenvalue weighted by Gasteiger charge is -2.34. The highest BCUT2D eigenvalue weighted by molar-refractivity contribution is 5.94. The van der Waals surface area contributed by atoms with Gasteiger partial charge in [-0.2, -0.15) is 0 Å². The zero-order chi connectivity index (χ0) is 26.2. The molecule has 9 nitrogen and oxygen atoms in total. The van der Waals surface area contributed by atoms with Gasteiger partial charge in [-0.3, -0.25) is 9.59 Å². The molecule has 0 aliphatic carbocycles. The molecular formula is C26H34N2O7. The maximum atomic E-state index is 12.7. The number of rotatable bonds is 11. The van der Waals surface area contributed by atoms with E-state index in [0.717, 1.165) is 5.56 Å². The van der Waals surface area contributed by atoms with E-state index in [1.807, 2.05) is 30.3 Å². The molecule has 1 amide bonds. The minimum absolute atomic E-state index is 0.191. The number of aliphatic carboxylic acids is 2. The highest BCUT2D eigenvalue weighted by Crippen LogP contribution is 2.32. The Morgan fingerprint density at radius 1 is 0.943 bits per heavy atom. The van der Waals surface area contributed by atoms with Crippen LogP contribution in [-0.2, 0) is 20.7 Å². The third-order valence-electron chi connectivity index (χ3n) is 5.52. The van der Waals surface area contributed by atoms with E-state index in [1.54, 1.807) is 51.1 Å². The summed E-state index contributed by atoms with van der Waals surface area (Å²) in [5.41, 5.74) is 6.66. The number of amides is 1. The molecule has 0 radical (unpaired) electrons. The highest BCUT2D eigenvalue weighted by atomic mass is 16.6. The molecule has 0 heterocycles. The summed E-state index contributed by atoms with van der Waals surface area (Å²) in [5.74, 6) is -6.23. The van der Waals surface area contributed by atoms with Gasteiger partial charge in [-0.05, 0) is 44.7 Å². The smallest absolute Gasteiger partial charge is 0.407 e. The average molecular weight is 487 g/mol. The molecular weight excluding hydrogens is 452 g/mol. The Morgan fingerprint density at radius 2 is 1.46 bits per heavy atom. The predicted octanol–water partition coefficient (Wildman–Crippen LogP) is 2.77. The molecule has 1 unspecified atom stereocenters. The fourth-order valence-corrected chi connectivity index (χ4v) is 3.96. The second kappa shape index (κ2) is 12.3. The van der Waals surface area contributed by atoms with Crippen LogP contribution >= 0.6 is 0 Å². The minimum atomic E-state index is -1.89. The summed E-state index contributed by atoms with van der Waals surface area (Å²) >= 11 is 0. The van der Waals surface area contributed by atoms with E-state index >= 15 is 0 Å². The molecule has 0 saturated heterocycles. The lowest BCUT2D eigenvalue weighted by molar-refractivity contribution is -0.156. The SMILES string of the molecule is CC(C)(C)OC(=O)N[C@@H](C[C@H](O)[C@@H](N)Cc1ccccc1)C(c1ccccc1)C(C(=O)O)C(=O)O. The number of hydrogen-bond acceptors (Lipinski definition) is 6. The molecule has 4 atom stereocenters. The fraction of sp³-hybridized carbons (Fsp3) is 0.423. The van der Waals surface area contributed by atoms with Crippen molar-refractivity contribution >= 4 is 18.0 Å². The number of nitrogens with two attached hydrogens (primary N) is 1. The lowest BCUT2D eigenvalue weighted by Crippen LogP contribution is -2.50. The number of ether oxygens (including phenoxy) is 1. The number of carbonyl (C=O) groups is 3. The van der Waals surface area contributed by atoms with Crippen molar-refractivity contribution in [3.05, 3.63) is 71.8 Å². The van der Waals surface area contributed by atoms with Gasteiger partial charge in [0.1, 0.15) is 5.60 Å². The number of nitrogens with one attached hydrogen (secondary N) is 1. The van der Waals surface area contributed by atoms with E-state index in [2.05, 4.69) is 5.32 Å². The Kier molecular flexibility index (Phi) is 9.79. The molecule has 35 heavy (non-hydrogen) atoms.